The molecule has 0 aliphatic heterocycles. The Balaban J connectivity index is 1.72. The molecule has 2 aromatic rings. The van der Waals surface area contributed by atoms with Crippen molar-refractivity contribution in [1.82, 2.24) is 10.6 Å². The van der Waals surface area contributed by atoms with Gasteiger partial charge in [-0.1, -0.05) is 0 Å². The molecule has 22 heavy (non-hydrogen) atoms. The fraction of sp³-hybridized carbons (Fsp3) is 0.375. The maximum Gasteiger partial charge on any atom is 0.287 e. The average molecular weight is 302 g/mol. The van der Waals surface area contributed by atoms with E-state index in [0.29, 0.717) is 11.3 Å². The van der Waals surface area contributed by atoms with Gasteiger partial charge in [-0.05, 0) is 38.0 Å². The fourth-order valence-electron chi connectivity index (χ4n) is 2.29. The number of methoxy groups -OCH3 is 1. The third-order valence-corrected chi connectivity index (χ3v) is 3.70. The van der Waals surface area contributed by atoms with Crippen LogP contribution in [-0.4, -0.2) is 31.5 Å². The van der Waals surface area contributed by atoms with Crippen molar-refractivity contribution in [2.45, 2.75) is 25.8 Å². The Bertz CT molecular complexity index is 731. The number of fused-ring (bicyclic) bond motifs is 1. The minimum atomic E-state index is -0.390. The van der Waals surface area contributed by atoms with Gasteiger partial charge in [0.15, 0.2) is 5.76 Å². The van der Waals surface area contributed by atoms with Gasteiger partial charge in [0.05, 0.1) is 13.7 Å². The maximum absolute atomic E-state index is 12.2. The van der Waals surface area contributed by atoms with Crippen LogP contribution in [0.5, 0.6) is 5.75 Å². The van der Waals surface area contributed by atoms with Gasteiger partial charge in [-0.25, -0.2) is 0 Å². The van der Waals surface area contributed by atoms with Crippen LogP contribution < -0.4 is 15.4 Å². The molecule has 1 saturated carbocycles. The molecule has 0 saturated heterocycles. The zero-order valence-corrected chi connectivity index (χ0v) is 12.6. The summed E-state index contributed by atoms with van der Waals surface area (Å²) in [7, 11) is 1.59. The van der Waals surface area contributed by atoms with Crippen molar-refractivity contribution in [3.63, 3.8) is 0 Å². The third kappa shape index (κ3) is 2.90. The van der Waals surface area contributed by atoms with Gasteiger partial charge in [0.1, 0.15) is 11.3 Å². The quantitative estimate of drug-likeness (QED) is 0.882. The second-order valence-corrected chi connectivity index (χ2v) is 5.44. The van der Waals surface area contributed by atoms with Crippen LogP contribution in [0.15, 0.2) is 22.6 Å². The minimum Gasteiger partial charge on any atom is -0.497 e. The van der Waals surface area contributed by atoms with Crippen LogP contribution in [0, 0.1) is 6.92 Å². The van der Waals surface area contributed by atoms with Crippen LogP contribution in [0.1, 0.15) is 29.0 Å². The lowest BCUT2D eigenvalue weighted by atomic mass is 10.1. The Morgan fingerprint density at radius 3 is 2.82 bits per heavy atom. The highest BCUT2D eigenvalue weighted by molar-refractivity contribution is 6.00. The number of furan rings is 1. The number of hydrogen-bond acceptors (Lipinski definition) is 4. The maximum atomic E-state index is 12.2. The van der Waals surface area contributed by atoms with Crippen LogP contribution in [0.3, 0.4) is 0 Å². The van der Waals surface area contributed by atoms with Crippen molar-refractivity contribution in [2.24, 2.45) is 0 Å². The van der Waals surface area contributed by atoms with E-state index in [1.807, 2.05) is 13.0 Å². The molecule has 0 atom stereocenters. The number of carbonyl (C=O) groups is 2. The standard InChI is InChI=1S/C16H18N2O4/c1-9-12-7-11(21-2)5-6-13(12)22-15(9)16(20)17-8-14(19)18-10-3-4-10/h5-7,10H,3-4,8H2,1-2H3,(H,17,20)(H,18,19). The lowest BCUT2D eigenvalue weighted by Crippen LogP contribution is -2.37. The first-order valence-electron chi connectivity index (χ1n) is 7.23. The monoisotopic (exact) mass is 302 g/mol. The molecule has 1 aromatic carbocycles. The topological polar surface area (TPSA) is 80.6 Å². The van der Waals surface area contributed by atoms with Gasteiger partial charge in [-0.3, -0.25) is 9.59 Å². The summed E-state index contributed by atoms with van der Waals surface area (Å²) < 4.78 is 10.8. The smallest absolute Gasteiger partial charge is 0.287 e. The van der Waals surface area contributed by atoms with E-state index in [4.69, 9.17) is 9.15 Å². The van der Waals surface area contributed by atoms with Crippen molar-refractivity contribution in [3.05, 3.63) is 29.5 Å². The first kappa shape index (κ1) is 14.4. The Labute approximate surface area is 127 Å². The molecule has 1 heterocycles. The molecule has 1 aromatic heterocycles. The number of carbonyl (C=O) groups excluding carboxylic acids is 2. The first-order chi connectivity index (χ1) is 10.6. The SMILES string of the molecule is COc1ccc2oc(C(=O)NCC(=O)NC3CC3)c(C)c2c1. The molecular weight excluding hydrogens is 284 g/mol. The minimum absolute atomic E-state index is 0.0465. The lowest BCUT2D eigenvalue weighted by molar-refractivity contribution is -0.120. The van der Waals surface area contributed by atoms with E-state index in [9.17, 15) is 9.59 Å². The molecule has 6 nitrogen and oxygen atoms in total. The largest absolute Gasteiger partial charge is 0.497 e. The molecule has 116 valence electrons. The number of rotatable bonds is 5. The van der Waals surface area contributed by atoms with Crippen molar-refractivity contribution < 1.29 is 18.7 Å². The number of hydrogen-bond donors (Lipinski definition) is 2. The Kier molecular flexibility index (Phi) is 3.75. The Morgan fingerprint density at radius 2 is 2.14 bits per heavy atom. The van der Waals surface area contributed by atoms with E-state index in [-0.39, 0.29) is 24.3 Å². The number of amides is 2. The molecule has 1 aliphatic carbocycles. The normalized spacial score (nSPS) is 13.9. The van der Waals surface area contributed by atoms with Crippen LogP contribution in [0.2, 0.25) is 0 Å². The van der Waals surface area contributed by atoms with Crippen molar-refractivity contribution in [2.75, 3.05) is 13.7 Å². The Morgan fingerprint density at radius 1 is 1.36 bits per heavy atom. The van der Waals surface area contributed by atoms with Crippen LogP contribution >= 0.6 is 0 Å². The van der Waals surface area contributed by atoms with E-state index in [2.05, 4.69) is 10.6 Å². The second-order valence-electron chi connectivity index (χ2n) is 5.44. The molecule has 1 fully saturated rings. The highest BCUT2D eigenvalue weighted by atomic mass is 16.5. The van der Waals surface area contributed by atoms with Crippen molar-refractivity contribution in [3.8, 4) is 5.75 Å². The van der Waals surface area contributed by atoms with E-state index in [1.165, 1.54) is 0 Å². The number of benzene rings is 1. The highest BCUT2D eigenvalue weighted by Crippen LogP contribution is 2.28. The Hall–Kier alpha value is -2.50. The summed E-state index contributed by atoms with van der Waals surface area (Å²) in [5.41, 5.74) is 1.35. The predicted octanol–water partition coefficient (Wildman–Crippen LogP) is 1.76. The molecule has 0 radical (unpaired) electrons. The molecule has 0 unspecified atom stereocenters. The summed E-state index contributed by atoms with van der Waals surface area (Å²) in [6.07, 6.45) is 2.04. The number of nitrogens with one attached hydrogen (secondary N) is 2. The molecule has 2 N–H and O–H groups in total. The third-order valence-electron chi connectivity index (χ3n) is 3.70. The zero-order valence-electron chi connectivity index (χ0n) is 12.6. The van der Waals surface area contributed by atoms with E-state index in [1.54, 1.807) is 19.2 Å². The van der Waals surface area contributed by atoms with Crippen LogP contribution in [-0.2, 0) is 4.79 Å². The molecule has 1 aliphatic rings. The molecule has 6 heteroatoms. The van der Waals surface area contributed by atoms with E-state index in [0.717, 1.165) is 23.8 Å². The van der Waals surface area contributed by atoms with Gasteiger partial charge in [0.25, 0.3) is 5.91 Å². The molecule has 2 amide bonds. The summed E-state index contributed by atoms with van der Waals surface area (Å²) >= 11 is 0. The van der Waals surface area contributed by atoms with Gasteiger partial charge >= 0.3 is 0 Å². The zero-order chi connectivity index (χ0) is 15.7. The van der Waals surface area contributed by atoms with Gasteiger partial charge < -0.3 is 19.8 Å². The summed E-state index contributed by atoms with van der Waals surface area (Å²) in [5.74, 6) is 0.361. The van der Waals surface area contributed by atoms with Crippen molar-refractivity contribution in [1.29, 1.82) is 0 Å². The van der Waals surface area contributed by atoms with E-state index < -0.39 is 5.91 Å². The van der Waals surface area contributed by atoms with E-state index >= 15 is 0 Å². The van der Waals surface area contributed by atoms with Gasteiger partial charge in [-0.15, -0.1) is 0 Å². The summed E-state index contributed by atoms with van der Waals surface area (Å²) in [5, 5.41) is 6.23. The van der Waals surface area contributed by atoms with Gasteiger partial charge in [0, 0.05) is 17.0 Å². The number of aryl methyl sites for hydroxylation is 1. The summed E-state index contributed by atoms with van der Waals surface area (Å²) in [6.45, 7) is 1.76. The molecule has 3 rings (SSSR count). The lowest BCUT2D eigenvalue weighted by Gasteiger charge is -2.04. The second kappa shape index (κ2) is 5.71. The van der Waals surface area contributed by atoms with Crippen LogP contribution in [0.4, 0.5) is 0 Å². The first-order valence-corrected chi connectivity index (χ1v) is 7.23. The highest BCUT2D eigenvalue weighted by Gasteiger charge is 2.24. The predicted molar refractivity (Wildman–Crippen MR) is 81.0 cm³/mol. The summed E-state index contributed by atoms with van der Waals surface area (Å²) in [4.78, 5) is 23.8. The average Bonchev–Trinajstić information content (AvgIpc) is 3.27. The molecular formula is C16H18N2O4. The van der Waals surface area contributed by atoms with Gasteiger partial charge in [-0.2, -0.15) is 0 Å². The van der Waals surface area contributed by atoms with Crippen LogP contribution in [0.25, 0.3) is 11.0 Å². The summed E-state index contributed by atoms with van der Waals surface area (Å²) in [6, 6.07) is 5.64. The molecule has 0 bridgehead atoms. The number of ether oxygens (including phenoxy) is 1. The fourth-order valence-corrected chi connectivity index (χ4v) is 2.29. The van der Waals surface area contributed by atoms with Gasteiger partial charge in [0.2, 0.25) is 5.91 Å². The molecule has 0 spiro atoms. The van der Waals surface area contributed by atoms with Crippen molar-refractivity contribution >= 4 is 22.8 Å².